The Morgan fingerprint density at radius 2 is 2.10 bits per heavy atom. The summed E-state index contributed by atoms with van der Waals surface area (Å²) in [6.07, 6.45) is -0.0397. The van der Waals surface area contributed by atoms with Gasteiger partial charge in [0, 0.05) is 6.54 Å². The Balaban J connectivity index is 1.64. The van der Waals surface area contributed by atoms with Crippen LogP contribution in [0.15, 0.2) is 41.1 Å². The van der Waals surface area contributed by atoms with E-state index in [-0.39, 0.29) is 12.5 Å². The van der Waals surface area contributed by atoms with Crippen LogP contribution in [0.2, 0.25) is 0 Å². The molecule has 1 aromatic heterocycles. The molecule has 1 aromatic carbocycles. The summed E-state index contributed by atoms with van der Waals surface area (Å²) < 4.78 is 5.38. The van der Waals surface area contributed by atoms with Crippen molar-refractivity contribution in [2.75, 3.05) is 13.2 Å². The van der Waals surface area contributed by atoms with E-state index in [0.29, 0.717) is 18.7 Å². The summed E-state index contributed by atoms with van der Waals surface area (Å²) in [5, 5.41) is 16.4. The Hall–Kier alpha value is -1.85. The molecule has 0 fully saturated rings. The van der Waals surface area contributed by atoms with Crippen molar-refractivity contribution >= 4 is 17.2 Å². The van der Waals surface area contributed by atoms with Crippen LogP contribution in [0.25, 0.3) is 0 Å². The molecule has 1 atom stereocenters. The topological polar surface area (TPSA) is 58.6 Å². The normalized spacial score (nSPS) is 11.9. The third-order valence-corrected chi connectivity index (χ3v) is 3.76. The van der Waals surface area contributed by atoms with Gasteiger partial charge >= 0.3 is 0 Å². The average Bonchev–Trinajstić information content (AvgIpc) is 3.01. The van der Waals surface area contributed by atoms with Crippen molar-refractivity contribution in [1.29, 1.82) is 0 Å². The number of amides is 1. The summed E-state index contributed by atoms with van der Waals surface area (Å²) in [6, 6.07) is 9.43. The molecule has 112 valence electrons. The molecule has 2 aromatic rings. The van der Waals surface area contributed by atoms with Crippen LogP contribution in [-0.2, 0) is 4.79 Å². The second-order valence-corrected chi connectivity index (χ2v) is 5.59. The third kappa shape index (κ3) is 5.21. The zero-order valence-electron chi connectivity index (χ0n) is 11.9. The van der Waals surface area contributed by atoms with E-state index in [1.807, 2.05) is 48.0 Å². The number of benzene rings is 1. The zero-order chi connectivity index (χ0) is 15.1. The maximum atomic E-state index is 11.6. The monoisotopic (exact) mass is 305 g/mol. The molecular formula is C16H19NO3S. The summed E-state index contributed by atoms with van der Waals surface area (Å²) >= 11 is 1.55. The van der Waals surface area contributed by atoms with Crippen LogP contribution >= 0.6 is 11.3 Å². The highest BCUT2D eigenvalue weighted by Crippen LogP contribution is 2.18. The van der Waals surface area contributed by atoms with Gasteiger partial charge in [0.2, 0.25) is 0 Å². The van der Waals surface area contributed by atoms with Gasteiger partial charge < -0.3 is 15.2 Å². The van der Waals surface area contributed by atoms with E-state index < -0.39 is 6.10 Å². The molecular weight excluding hydrogens is 286 g/mol. The van der Waals surface area contributed by atoms with E-state index >= 15 is 0 Å². The second-order valence-electron chi connectivity index (χ2n) is 4.81. The molecule has 0 saturated heterocycles. The number of ether oxygens (including phenoxy) is 1. The number of nitrogens with one attached hydrogen (secondary N) is 1. The average molecular weight is 305 g/mol. The molecule has 1 heterocycles. The number of carbonyl (C=O) groups is 1. The van der Waals surface area contributed by atoms with Crippen LogP contribution in [-0.4, -0.2) is 24.2 Å². The Morgan fingerprint density at radius 1 is 1.33 bits per heavy atom. The minimum atomic E-state index is -0.533. The van der Waals surface area contributed by atoms with E-state index in [2.05, 4.69) is 5.32 Å². The molecule has 0 bridgehead atoms. The van der Waals surface area contributed by atoms with Crippen molar-refractivity contribution in [3.8, 4) is 5.75 Å². The quantitative estimate of drug-likeness (QED) is 0.827. The largest absolute Gasteiger partial charge is 0.484 e. The summed E-state index contributed by atoms with van der Waals surface area (Å²) in [5.74, 6) is 0.488. The van der Waals surface area contributed by atoms with Crippen molar-refractivity contribution in [1.82, 2.24) is 5.32 Å². The first-order valence-electron chi connectivity index (χ1n) is 6.81. The first kappa shape index (κ1) is 15.5. The van der Waals surface area contributed by atoms with Gasteiger partial charge in [-0.25, -0.2) is 0 Å². The number of aliphatic hydroxyl groups is 1. The Kier molecular flexibility index (Phi) is 5.78. The van der Waals surface area contributed by atoms with Crippen molar-refractivity contribution in [2.45, 2.75) is 19.4 Å². The summed E-state index contributed by atoms with van der Waals surface area (Å²) in [6.45, 7) is 2.40. The van der Waals surface area contributed by atoms with Crippen molar-refractivity contribution in [3.05, 3.63) is 52.2 Å². The Labute approximate surface area is 128 Å². The molecule has 5 heteroatoms. The van der Waals surface area contributed by atoms with E-state index in [1.165, 1.54) is 0 Å². The lowest BCUT2D eigenvalue weighted by Gasteiger charge is -2.10. The zero-order valence-corrected chi connectivity index (χ0v) is 12.7. The predicted octanol–water partition coefficient (Wildman–Crippen LogP) is 2.68. The molecule has 0 aliphatic heterocycles. The molecule has 21 heavy (non-hydrogen) atoms. The van der Waals surface area contributed by atoms with Gasteiger partial charge in [-0.15, -0.1) is 0 Å². The first-order valence-corrected chi connectivity index (χ1v) is 7.76. The van der Waals surface area contributed by atoms with E-state index in [1.54, 1.807) is 11.3 Å². The van der Waals surface area contributed by atoms with Crippen LogP contribution in [0, 0.1) is 6.92 Å². The van der Waals surface area contributed by atoms with Gasteiger partial charge in [0.05, 0.1) is 6.10 Å². The van der Waals surface area contributed by atoms with Crippen LogP contribution in [0.1, 0.15) is 23.7 Å². The van der Waals surface area contributed by atoms with Crippen molar-refractivity contribution < 1.29 is 14.6 Å². The highest BCUT2D eigenvalue weighted by Gasteiger charge is 2.08. The lowest BCUT2D eigenvalue weighted by molar-refractivity contribution is -0.123. The number of hydrogen-bond donors (Lipinski definition) is 2. The molecule has 0 spiro atoms. The smallest absolute Gasteiger partial charge is 0.257 e. The van der Waals surface area contributed by atoms with Gasteiger partial charge in [0.25, 0.3) is 5.91 Å². The van der Waals surface area contributed by atoms with Gasteiger partial charge in [-0.1, -0.05) is 17.7 Å². The highest BCUT2D eigenvalue weighted by atomic mass is 32.1. The SMILES string of the molecule is Cc1ccc(OCC(=O)NCCC(O)c2ccsc2)cc1. The van der Waals surface area contributed by atoms with Gasteiger partial charge in [-0.3, -0.25) is 4.79 Å². The van der Waals surface area contributed by atoms with Gasteiger partial charge in [-0.05, 0) is 47.9 Å². The van der Waals surface area contributed by atoms with E-state index in [9.17, 15) is 9.90 Å². The second kappa shape index (κ2) is 7.81. The van der Waals surface area contributed by atoms with Crippen LogP contribution in [0.3, 0.4) is 0 Å². The van der Waals surface area contributed by atoms with Crippen LogP contribution in [0.4, 0.5) is 0 Å². The summed E-state index contributed by atoms with van der Waals surface area (Å²) in [5.41, 5.74) is 2.04. The minimum absolute atomic E-state index is 0.0163. The molecule has 2 N–H and O–H groups in total. The third-order valence-electron chi connectivity index (χ3n) is 3.06. The van der Waals surface area contributed by atoms with Gasteiger partial charge in [0.1, 0.15) is 5.75 Å². The molecule has 1 amide bonds. The standard InChI is InChI=1S/C16H19NO3S/c1-12-2-4-14(5-3-12)20-10-16(19)17-8-6-15(18)13-7-9-21-11-13/h2-5,7,9,11,15,18H,6,8,10H2,1H3,(H,17,19). The lowest BCUT2D eigenvalue weighted by atomic mass is 10.1. The van der Waals surface area contributed by atoms with Crippen molar-refractivity contribution in [3.63, 3.8) is 0 Å². The molecule has 1 unspecified atom stereocenters. The Bertz CT molecular complexity index is 551. The fraction of sp³-hybridized carbons (Fsp3) is 0.312. The highest BCUT2D eigenvalue weighted by molar-refractivity contribution is 7.07. The number of aryl methyl sites for hydroxylation is 1. The molecule has 0 saturated carbocycles. The summed E-state index contributed by atoms with van der Waals surface area (Å²) in [7, 11) is 0. The Morgan fingerprint density at radius 3 is 2.76 bits per heavy atom. The maximum absolute atomic E-state index is 11.6. The molecule has 0 aliphatic rings. The number of hydrogen-bond acceptors (Lipinski definition) is 4. The van der Waals surface area contributed by atoms with Crippen LogP contribution < -0.4 is 10.1 Å². The summed E-state index contributed by atoms with van der Waals surface area (Å²) in [4.78, 5) is 11.6. The molecule has 0 radical (unpaired) electrons. The van der Waals surface area contributed by atoms with Crippen LogP contribution in [0.5, 0.6) is 5.75 Å². The predicted molar refractivity (Wildman–Crippen MR) is 83.6 cm³/mol. The number of carbonyl (C=O) groups excluding carboxylic acids is 1. The van der Waals surface area contributed by atoms with Crippen molar-refractivity contribution in [2.24, 2.45) is 0 Å². The first-order chi connectivity index (χ1) is 10.1. The molecule has 4 nitrogen and oxygen atoms in total. The van der Waals surface area contributed by atoms with E-state index in [4.69, 9.17) is 4.74 Å². The van der Waals surface area contributed by atoms with Gasteiger partial charge in [0.15, 0.2) is 6.61 Å². The fourth-order valence-electron chi connectivity index (χ4n) is 1.81. The van der Waals surface area contributed by atoms with Gasteiger partial charge in [-0.2, -0.15) is 11.3 Å². The fourth-order valence-corrected chi connectivity index (χ4v) is 2.52. The van der Waals surface area contributed by atoms with E-state index in [0.717, 1.165) is 11.1 Å². The number of thiophene rings is 1. The minimum Gasteiger partial charge on any atom is -0.484 e. The number of aliphatic hydroxyl groups excluding tert-OH is 1. The number of rotatable bonds is 7. The molecule has 0 aliphatic carbocycles. The molecule has 2 rings (SSSR count). The maximum Gasteiger partial charge on any atom is 0.257 e. The lowest BCUT2D eigenvalue weighted by Crippen LogP contribution is -2.30.